The lowest BCUT2D eigenvalue weighted by Crippen LogP contribution is -2.58. The zero-order chi connectivity index (χ0) is 25.7. The molecule has 9 nitrogen and oxygen atoms in total. The first-order valence-electron chi connectivity index (χ1n) is 11.9. The predicted molar refractivity (Wildman–Crippen MR) is 135 cm³/mol. The highest BCUT2D eigenvalue weighted by atomic mass is 35.5. The Labute approximate surface area is 216 Å². The van der Waals surface area contributed by atoms with Crippen LogP contribution in [0.25, 0.3) is 0 Å². The van der Waals surface area contributed by atoms with Crippen LogP contribution < -0.4 is 10.6 Å². The van der Waals surface area contributed by atoms with Crippen molar-refractivity contribution in [2.24, 2.45) is 0 Å². The molecule has 0 aromatic heterocycles. The summed E-state index contributed by atoms with van der Waals surface area (Å²) in [7, 11) is 0. The van der Waals surface area contributed by atoms with Crippen molar-refractivity contribution in [3.8, 4) is 0 Å². The maximum absolute atomic E-state index is 13.3. The zero-order valence-electron chi connectivity index (χ0n) is 20.6. The number of amides is 4. The largest absolute Gasteiger partial charge is 0.463 e. The fraction of sp³-hybridized carbons (Fsp3) is 0.542. The number of carbonyl (C=O) groups excluding carboxylic acids is 3. The second-order valence-electron chi connectivity index (χ2n) is 8.49. The first-order chi connectivity index (χ1) is 16.7. The number of carbonyl (C=O) groups is 3. The van der Waals surface area contributed by atoms with E-state index in [9.17, 15) is 14.4 Å². The molecule has 0 bridgehead atoms. The Morgan fingerprint density at radius 1 is 1.20 bits per heavy atom. The molecule has 2 heterocycles. The summed E-state index contributed by atoms with van der Waals surface area (Å²) in [6, 6.07) is 3.75. The molecule has 0 saturated carbocycles. The molecule has 0 unspecified atom stereocenters. The van der Waals surface area contributed by atoms with Crippen LogP contribution in [0.3, 0.4) is 0 Å². The summed E-state index contributed by atoms with van der Waals surface area (Å²) in [6.45, 7) is 10.7. The molecule has 11 heteroatoms. The molecule has 2 N–H and O–H groups in total. The fourth-order valence-corrected chi connectivity index (χ4v) is 5.09. The average molecular weight is 526 g/mol. The van der Waals surface area contributed by atoms with Crippen molar-refractivity contribution >= 4 is 41.2 Å². The SMILES string of the molecule is CCNC(=O)N1CCN(CC2=C(C(=O)OCC)[C@@H](c3ccc(Cl)cc3Cl)NC(=O)N2CC)C[C@@H]1C. The number of hydrogen-bond acceptors (Lipinski definition) is 5. The van der Waals surface area contributed by atoms with Gasteiger partial charge in [0, 0.05) is 61.1 Å². The molecular weight excluding hydrogens is 493 g/mol. The van der Waals surface area contributed by atoms with Gasteiger partial charge in [0.05, 0.1) is 18.2 Å². The molecule has 1 saturated heterocycles. The van der Waals surface area contributed by atoms with E-state index in [1.54, 1.807) is 30.0 Å². The molecule has 1 aromatic rings. The van der Waals surface area contributed by atoms with Gasteiger partial charge < -0.3 is 20.3 Å². The molecule has 2 aliphatic rings. The quantitative estimate of drug-likeness (QED) is 0.530. The molecule has 35 heavy (non-hydrogen) atoms. The highest BCUT2D eigenvalue weighted by Gasteiger charge is 2.40. The zero-order valence-corrected chi connectivity index (χ0v) is 22.1. The van der Waals surface area contributed by atoms with E-state index in [4.69, 9.17) is 27.9 Å². The number of likely N-dealkylation sites (N-methyl/N-ethyl adjacent to an activating group) is 1. The standard InChI is InChI=1S/C24H33Cl2N5O4/c1-5-27-23(33)31-11-10-29(13-15(31)4)14-19-20(22(32)35-7-3)21(28-24(34)30(19)6-2)17-9-8-16(25)12-18(17)26/h8-9,12,15,21H,5-7,10-11,13-14H2,1-4H3,(H,27,33)(H,28,34)/t15-,21+/m0/s1. The number of nitrogens with one attached hydrogen (secondary N) is 2. The van der Waals surface area contributed by atoms with Gasteiger partial charge >= 0.3 is 18.0 Å². The van der Waals surface area contributed by atoms with Gasteiger partial charge in [0.15, 0.2) is 0 Å². The summed E-state index contributed by atoms with van der Waals surface area (Å²) in [5, 5.41) is 6.57. The Kier molecular flexibility index (Phi) is 9.27. The van der Waals surface area contributed by atoms with Gasteiger partial charge in [0.25, 0.3) is 0 Å². The molecular formula is C24H33Cl2N5O4. The molecule has 192 valence electrons. The van der Waals surface area contributed by atoms with E-state index < -0.39 is 12.0 Å². The fourth-order valence-electron chi connectivity index (χ4n) is 4.57. The van der Waals surface area contributed by atoms with Crippen LogP contribution in [0.15, 0.2) is 29.5 Å². The molecule has 0 spiro atoms. The Bertz CT molecular complexity index is 1000. The lowest BCUT2D eigenvalue weighted by atomic mass is 9.94. The summed E-state index contributed by atoms with van der Waals surface area (Å²) in [4.78, 5) is 44.3. The van der Waals surface area contributed by atoms with Gasteiger partial charge in [-0.1, -0.05) is 29.3 Å². The molecule has 0 radical (unpaired) electrons. The minimum Gasteiger partial charge on any atom is -0.463 e. The molecule has 0 aliphatic carbocycles. The topological polar surface area (TPSA) is 94.2 Å². The number of ether oxygens (including phenoxy) is 1. The lowest BCUT2D eigenvalue weighted by molar-refractivity contribution is -0.139. The van der Waals surface area contributed by atoms with Crippen molar-refractivity contribution in [3.63, 3.8) is 0 Å². The van der Waals surface area contributed by atoms with Crippen LogP contribution in [0, 0.1) is 0 Å². The van der Waals surface area contributed by atoms with Crippen LogP contribution in [0.1, 0.15) is 39.3 Å². The van der Waals surface area contributed by atoms with Gasteiger partial charge in [0.1, 0.15) is 0 Å². The molecule has 1 aromatic carbocycles. The molecule has 3 rings (SSSR count). The van der Waals surface area contributed by atoms with Gasteiger partial charge in [-0.3, -0.25) is 9.80 Å². The van der Waals surface area contributed by atoms with Gasteiger partial charge in [-0.05, 0) is 45.4 Å². The van der Waals surface area contributed by atoms with E-state index in [0.29, 0.717) is 66.1 Å². The Balaban J connectivity index is 1.99. The monoisotopic (exact) mass is 525 g/mol. The number of esters is 1. The highest BCUT2D eigenvalue weighted by molar-refractivity contribution is 6.35. The average Bonchev–Trinajstić information content (AvgIpc) is 2.79. The van der Waals surface area contributed by atoms with Crippen molar-refractivity contribution in [1.82, 2.24) is 25.3 Å². The van der Waals surface area contributed by atoms with Crippen molar-refractivity contribution in [2.45, 2.75) is 39.8 Å². The van der Waals surface area contributed by atoms with E-state index >= 15 is 0 Å². The van der Waals surface area contributed by atoms with E-state index in [2.05, 4.69) is 15.5 Å². The van der Waals surface area contributed by atoms with Gasteiger partial charge in [0.2, 0.25) is 0 Å². The third-order valence-corrected chi connectivity index (χ3v) is 6.76. The summed E-state index contributed by atoms with van der Waals surface area (Å²) < 4.78 is 5.42. The Morgan fingerprint density at radius 2 is 1.94 bits per heavy atom. The summed E-state index contributed by atoms with van der Waals surface area (Å²) in [5.74, 6) is -0.508. The second-order valence-corrected chi connectivity index (χ2v) is 9.33. The lowest BCUT2D eigenvalue weighted by Gasteiger charge is -2.42. The predicted octanol–water partition coefficient (Wildman–Crippen LogP) is 3.63. The summed E-state index contributed by atoms with van der Waals surface area (Å²) >= 11 is 12.6. The van der Waals surface area contributed by atoms with E-state index in [1.807, 2.05) is 25.7 Å². The number of benzene rings is 1. The van der Waals surface area contributed by atoms with E-state index in [0.717, 1.165) is 0 Å². The van der Waals surface area contributed by atoms with Crippen LogP contribution in [0.2, 0.25) is 10.0 Å². The molecule has 2 atom stereocenters. The first-order valence-corrected chi connectivity index (χ1v) is 12.7. The van der Waals surface area contributed by atoms with Crippen molar-refractivity contribution < 1.29 is 19.1 Å². The number of hydrogen-bond donors (Lipinski definition) is 2. The van der Waals surface area contributed by atoms with Crippen LogP contribution in [-0.2, 0) is 9.53 Å². The summed E-state index contributed by atoms with van der Waals surface area (Å²) in [6.07, 6.45) is 0. The van der Waals surface area contributed by atoms with Crippen LogP contribution in [0.4, 0.5) is 9.59 Å². The number of halogens is 2. The molecule has 2 aliphatic heterocycles. The van der Waals surface area contributed by atoms with Crippen molar-refractivity contribution in [1.29, 1.82) is 0 Å². The van der Waals surface area contributed by atoms with Crippen molar-refractivity contribution in [3.05, 3.63) is 45.1 Å². The second kappa shape index (κ2) is 12.0. The van der Waals surface area contributed by atoms with Crippen LogP contribution >= 0.6 is 23.2 Å². The molecule has 1 fully saturated rings. The highest BCUT2D eigenvalue weighted by Crippen LogP contribution is 2.36. The number of nitrogens with zero attached hydrogens (tertiary/aromatic N) is 3. The van der Waals surface area contributed by atoms with Gasteiger partial charge in [-0.2, -0.15) is 0 Å². The van der Waals surface area contributed by atoms with Crippen molar-refractivity contribution in [2.75, 3.05) is 45.9 Å². The van der Waals surface area contributed by atoms with Gasteiger partial charge in [-0.25, -0.2) is 14.4 Å². The Hall–Kier alpha value is -2.49. The number of rotatable bonds is 7. The third-order valence-electron chi connectivity index (χ3n) is 6.20. The maximum Gasteiger partial charge on any atom is 0.338 e. The molecule has 4 amide bonds. The minimum absolute atomic E-state index is 0.0315. The van der Waals surface area contributed by atoms with E-state index in [-0.39, 0.29) is 24.7 Å². The number of urea groups is 2. The smallest absolute Gasteiger partial charge is 0.338 e. The van der Waals surface area contributed by atoms with Crippen LogP contribution in [-0.4, -0.2) is 84.6 Å². The minimum atomic E-state index is -0.779. The summed E-state index contributed by atoms with van der Waals surface area (Å²) in [5.41, 5.74) is 1.48. The Morgan fingerprint density at radius 3 is 2.54 bits per heavy atom. The van der Waals surface area contributed by atoms with Crippen LogP contribution in [0.5, 0.6) is 0 Å². The number of piperazine rings is 1. The maximum atomic E-state index is 13.3. The normalized spacial score (nSPS) is 21.1. The van der Waals surface area contributed by atoms with Gasteiger partial charge in [-0.15, -0.1) is 0 Å². The van der Waals surface area contributed by atoms with E-state index in [1.165, 1.54) is 0 Å². The first kappa shape index (κ1) is 27.1. The third kappa shape index (κ3) is 6.02.